The molecule has 3 heteroatoms. The van der Waals surface area contributed by atoms with Crippen molar-refractivity contribution in [2.45, 2.75) is 6.23 Å². The van der Waals surface area contributed by atoms with Crippen molar-refractivity contribution in [3.8, 4) is 0 Å². The first kappa shape index (κ1) is 9.48. The Balaban J connectivity index is 2.53. The molecule has 0 fully saturated rings. The van der Waals surface area contributed by atoms with Crippen LogP contribution in [0.4, 0.5) is 0 Å². The van der Waals surface area contributed by atoms with Crippen molar-refractivity contribution in [1.29, 1.82) is 0 Å². The lowest BCUT2D eigenvalue weighted by Crippen LogP contribution is -2.19. The molecule has 3 nitrogen and oxygen atoms in total. The highest BCUT2D eigenvalue weighted by molar-refractivity contribution is 5.49. The summed E-state index contributed by atoms with van der Waals surface area (Å²) in [6, 6.07) is 9.64. The summed E-state index contributed by atoms with van der Waals surface area (Å²) in [5.41, 5.74) is 6.41. The van der Waals surface area contributed by atoms with Gasteiger partial charge in [-0.15, -0.1) is 0 Å². The predicted molar refractivity (Wildman–Crippen MR) is 50.6 cm³/mol. The van der Waals surface area contributed by atoms with E-state index in [0.29, 0.717) is 6.47 Å². The minimum atomic E-state index is -0.669. The highest BCUT2D eigenvalue weighted by atomic mass is 16.5. The molecule has 13 heavy (non-hydrogen) atoms. The lowest BCUT2D eigenvalue weighted by molar-refractivity contribution is -0.131. The molecule has 2 N–H and O–H groups in total. The third-order valence-electron chi connectivity index (χ3n) is 1.49. The second-order valence-electron chi connectivity index (χ2n) is 2.47. The molecule has 1 rings (SSSR count). The molecule has 1 aromatic carbocycles. The highest BCUT2D eigenvalue weighted by Gasteiger charge is 1.93. The first-order valence-electron chi connectivity index (χ1n) is 3.91. The first-order valence-corrected chi connectivity index (χ1v) is 3.91. The van der Waals surface area contributed by atoms with Crippen LogP contribution in [0.1, 0.15) is 5.56 Å². The van der Waals surface area contributed by atoms with Gasteiger partial charge in [-0.05, 0) is 11.6 Å². The van der Waals surface area contributed by atoms with Crippen molar-refractivity contribution in [2.24, 2.45) is 5.73 Å². The summed E-state index contributed by atoms with van der Waals surface area (Å²) < 4.78 is 4.47. The zero-order valence-corrected chi connectivity index (χ0v) is 7.09. The molecule has 0 spiro atoms. The van der Waals surface area contributed by atoms with Crippen molar-refractivity contribution in [3.05, 3.63) is 42.0 Å². The average molecular weight is 177 g/mol. The van der Waals surface area contributed by atoms with E-state index in [-0.39, 0.29) is 0 Å². The zero-order chi connectivity index (χ0) is 9.52. The van der Waals surface area contributed by atoms with Gasteiger partial charge in [0.05, 0.1) is 0 Å². The van der Waals surface area contributed by atoms with E-state index in [1.807, 2.05) is 30.3 Å². The van der Waals surface area contributed by atoms with Crippen molar-refractivity contribution < 1.29 is 9.53 Å². The van der Waals surface area contributed by atoms with E-state index in [1.54, 1.807) is 12.2 Å². The minimum absolute atomic E-state index is 0.333. The SMILES string of the molecule is NC(/C=C/c1ccccc1)OC=O. The lowest BCUT2D eigenvalue weighted by Gasteiger charge is -2.01. The topological polar surface area (TPSA) is 52.3 Å². The largest absolute Gasteiger partial charge is 0.445 e. The van der Waals surface area contributed by atoms with Crippen LogP contribution in [-0.4, -0.2) is 12.7 Å². The van der Waals surface area contributed by atoms with Crippen molar-refractivity contribution in [3.63, 3.8) is 0 Å². The summed E-state index contributed by atoms with van der Waals surface area (Å²) in [4.78, 5) is 9.89. The smallest absolute Gasteiger partial charge is 0.294 e. The molecule has 0 radical (unpaired) electrons. The van der Waals surface area contributed by atoms with Crippen LogP contribution in [0.5, 0.6) is 0 Å². The van der Waals surface area contributed by atoms with Gasteiger partial charge in [-0.2, -0.15) is 0 Å². The summed E-state index contributed by atoms with van der Waals surface area (Å²) in [7, 11) is 0. The Morgan fingerprint density at radius 1 is 1.31 bits per heavy atom. The molecule has 1 aromatic rings. The van der Waals surface area contributed by atoms with Gasteiger partial charge in [0.15, 0.2) is 6.23 Å². The average Bonchev–Trinajstić information content (AvgIpc) is 2.17. The van der Waals surface area contributed by atoms with Crippen LogP contribution in [-0.2, 0) is 9.53 Å². The minimum Gasteiger partial charge on any atom is -0.445 e. The van der Waals surface area contributed by atoms with Gasteiger partial charge in [0.25, 0.3) is 6.47 Å². The molecular formula is C10H11NO2. The summed E-state index contributed by atoms with van der Waals surface area (Å²) >= 11 is 0. The third kappa shape index (κ3) is 3.53. The van der Waals surface area contributed by atoms with Gasteiger partial charge in [0.1, 0.15) is 0 Å². The Labute approximate surface area is 76.8 Å². The molecule has 0 amide bonds. The van der Waals surface area contributed by atoms with Gasteiger partial charge >= 0.3 is 0 Å². The molecule has 0 bridgehead atoms. The molecule has 0 aliphatic carbocycles. The lowest BCUT2D eigenvalue weighted by atomic mass is 10.2. The molecular weight excluding hydrogens is 166 g/mol. The normalized spacial score (nSPS) is 12.7. The summed E-state index contributed by atoms with van der Waals surface area (Å²) in [6.07, 6.45) is 2.75. The third-order valence-corrected chi connectivity index (χ3v) is 1.49. The predicted octanol–water partition coefficient (Wildman–Crippen LogP) is 1.16. The molecule has 1 atom stereocenters. The number of rotatable bonds is 4. The van der Waals surface area contributed by atoms with E-state index in [9.17, 15) is 4.79 Å². The molecule has 0 saturated heterocycles. The van der Waals surface area contributed by atoms with Crippen LogP contribution in [0, 0.1) is 0 Å². The summed E-state index contributed by atoms with van der Waals surface area (Å²) in [6.45, 7) is 0.333. The van der Waals surface area contributed by atoms with Gasteiger partial charge < -0.3 is 4.74 Å². The molecule has 0 heterocycles. The van der Waals surface area contributed by atoms with Crippen LogP contribution >= 0.6 is 0 Å². The number of ether oxygens (including phenoxy) is 1. The van der Waals surface area contributed by atoms with Gasteiger partial charge in [-0.3, -0.25) is 10.5 Å². The maximum atomic E-state index is 9.89. The molecule has 1 unspecified atom stereocenters. The fourth-order valence-electron chi connectivity index (χ4n) is 0.880. The number of hydrogen-bond donors (Lipinski definition) is 1. The van der Waals surface area contributed by atoms with Crippen LogP contribution in [0.2, 0.25) is 0 Å². The Kier molecular flexibility index (Phi) is 3.73. The van der Waals surface area contributed by atoms with Crippen LogP contribution < -0.4 is 5.73 Å². The fraction of sp³-hybridized carbons (Fsp3) is 0.100. The fourth-order valence-corrected chi connectivity index (χ4v) is 0.880. The van der Waals surface area contributed by atoms with E-state index < -0.39 is 6.23 Å². The number of hydrogen-bond acceptors (Lipinski definition) is 3. The van der Waals surface area contributed by atoms with Gasteiger partial charge in [0, 0.05) is 0 Å². The van der Waals surface area contributed by atoms with Gasteiger partial charge in [-0.1, -0.05) is 36.4 Å². The van der Waals surface area contributed by atoms with E-state index >= 15 is 0 Å². The number of benzene rings is 1. The Morgan fingerprint density at radius 2 is 2.00 bits per heavy atom. The second kappa shape index (κ2) is 5.11. The Bertz CT molecular complexity index is 282. The maximum Gasteiger partial charge on any atom is 0.294 e. The molecule has 68 valence electrons. The van der Waals surface area contributed by atoms with Crippen LogP contribution in [0.25, 0.3) is 6.08 Å². The van der Waals surface area contributed by atoms with Crippen molar-refractivity contribution in [2.75, 3.05) is 0 Å². The standard InChI is InChI=1S/C10H11NO2/c11-10(13-8-12)7-6-9-4-2-1-3-5-9/h1-8,10H,11H2/b7-6+. The Morgan fingerprint density at radius 3 is 2.62 bits per heavy atom. The molecule has 0 aliphatic heterocycles. The summed E-state index contributed by atoms with van der Waals surface area (Å²) in [5, 5.41) is 0. The zero-order valence-electron chi connectivity index (χ0n) is 7.09. The first-order chi connectivity index (χ1) is 6.33. The molecule has 0 aliphatic rings. The number of carbonyl (C=O) groups is 1. The molecule has 0 aromatic heterocycles. The van der Waals surface area contributed by atoms with E-state index in [2.05, 4.69) is 4.74 Å². The van der Waals surface area contributed by atoms with Gasteiger partial charge in [-0.25, -0.2) is 0 Å². The second-order valence-corrected chi connectivity index (χ2v) is 2.47. The number of nitrogens with two attached hydrogens (primary N) is 1. The van der Waals surface area contributed by atoms with Crippen molar-refractivity contribution >= 4 is 12.5 Å². The maximum absolute atomic E-state index is 9.89. The molecule has 0 saturated carbocycles. The van der Waals surface area contributed by atoms with Crippen LogP contribution in [0.3, 0.4) is 0 Å². The highest BCUT2D eigenvalue weighted by Crippen LogP contribution is 2.01. The van der Waals surface area contributed by atoms with E-state index in [4.69, 9.17) is 5.73 Å². The van der Waals surface area contributed by atoms with E-state index in [0.717, 1.165) is 5.56 Å². The quantitative estimate of drug-likeness (QED) is 0.554. The van der Waals surface area contributed by atoms with Crippen molar-refractivity contribution in [1.82, 2.24) is 0 Å². The van der Waals surface area contributed by atoms with Crippen LogP contribution in [0.15, 0.2) is 36.4 Å². The monoisotopic (exact) mass is 177 g/mol. The summed E-state index contributed by atoms with van der Waals surface area (Å²) in [5.74, 6) is 0. The Hall–Kier alpha value is -1.61. The van der Waals surface area contributed by atoms with E-state index in [1.165, 1.54) is 0 Å². The number of carbonyl (C=O) groups excluding carboxylic acids is 1. The van der Waals surface area contributed by atoms with Gasteiger partial charge in [0.2, 0.25) is 0 Å².